The van der Waals surface area contributed by atoms with Crippen LogP contribution in [0.4, 0.5) is 0 Å². The van der Waals surface area contributed by atoms with E-state index in [1.165, 1.54) is 12.1 Å². The molecule has 0 saturated heterocycles. The molecular formula is C9H7Cl3O4. The van der Waals surface area contributed by atoms with E-state index in [4.69, 9.17) is 45.0 Å². The molecule has 0 bridgehead atoms. The van der Waals surface area contributed by atoms with E-state index >= 15 is 0 Å². The molecule has 4 nitrogen and oxygen atoms in total. The first-order valence-electron chi connectivity index (χ1n) is 4.08. The van der Waals surface area contributed by atoms with Crippen LogP contribution in [0.15, 0.2) is 12.1 Å². The first kappa shape index (κ1) is 13.5. The van der Waals surface area contributed by atoms with Crippen LogP contribution < -0.4 is 0 Å². The lowest BCUT2D eigenvalue weighted by molar-refractivity contribution is -0.153. The number of hydrogen-bond acceptors (Lipinski definition) is 3. The van der Waals surface area contributed by atoms with Crippen molar-refractivity contribution < 1.29 is 20.1 Å². The Labute approximate surface area is 106 Å². The number of aliphatic hydroxyl groups excluding tert-OH is 2. The molecule has 88 valence electrons. The van der Waals surface area contributed by atoms with E-state index < -0.39 is 18.2 Å². The second kappa shape index (κ2) is 5.21. The van der Waals surface area contributed by atoms with Crippen molar-refractivity contribution in [3.05, 3.63) is 32.8 Å². The summed E-state index contributed by atoms with van der Waals surface area (Å²) in [6.45, 7) is 0. The van der Waals surface area contributed by atoms with Gasteiger partial charge in [0, 0.05) is 20.6 Å². The number of aliphatic carboxylic acids is 1. The second-order valence-corrected chi connectivity index (χ2v) is 4.26. The summed E-state index contributed by atoms with van der Waals surface area (Å²) in [5.74, 6) is -1.57. The van der Waals surface area contributed by atoms with Gasteiger partial charge >= 0.3 is 5.97 Å². The Morgan fingerprint density at radius 1 is 1.12 bits per heavy atom. The molecular weight excluding hydrogens is 278 g/mol. The number of carboxylic acids is 1. The topological polar surface area (TPSA) is 77.8 Å². The molecule has 0 heterocycles. The normalized spacial score (nSPS) is 14.6. The highest BCUT2D eigenvalue weighted by Crippen LogP contribution is 2.34. The molecule has 16 heavy (non-hydrogen) atoms. The number of rotatable bonds is 3. The van der Waals surface area contributed by atoms with Crippen molar-refractivity contribution in [3.8, 4) is 0 Å². The van der Waals surface area contributed by atoms with E-state index in [1.807, 2.05) is 0 Å². The number of carbonyl (C=O) groups is 1. The number of hydrogen-bond donors (Lipinski definition) is 3. The summed E-state index contributed by atoms with van der Waals surface area (Å²) in [5, 5.41) is 27.5. The quantitative estimate of drug-likeness (QED) is 0.795. The maximum absolute atomic E-state index is 10.5. The van der Waals surface area contributed by atoms with Gasteiger partial charge in [-0.25, -0.2) is 4.79 Å². The Balaban J connectivity index is 3.18. The summed E-state index contributed by atoms with van der Waals surface area (Å²) in [6.07, 6.45) is -3.72. The Bertz CT molecular complexity index is 398. The molecule has 2 atom stereocenters. The van der Waals surface area contributed by atoms with E-state index in [0.717, 1.165) is 0 Å². The monoisotopic (exact) mass is 284 g/mol. The predicted octanol–water partition coefficient (Wildman–Crippen LogP) is 2.13. The predicted molar refractivity (Wildman–Crippen MR) is 60.1 cm³/mol. The molecule has 0 spiro atoms. The molecule has 2 unspecified atom stereocenters. The Morgan fingerprint density at radius 3 is 1.94 bits per heavy atom. The highest BCUT2D eigenvalue weighted by Gasteiger charge is 2.28. The van der Waals surface area contributed by atoms with Gasteiger partial charge in [-0.05, 0) is 12.1 Å². The molecule has 0 aliphatic rings. The standard InChI is InChI=1S/C9H7Cl3O4/c10-3-1-4(11)6(5(12)2-3)7(13)8(14)9(15)16/h1-2,7-8,13-14H,(H,15,16). The minimum absolute atomic E-state index is 0.00898. The van der Waals surface area contributed by atoms with Gasteiger partial charge in [0.05, 0.1) is 0 Å². The van der Waals surface area contributed by atoms with Crippen LogP contribution in [0.1, 0.15) is 11.7 Å². The minimum Gasteiger partial charge on any atom is -0.479 e. The first-order chi connectivity index (χ1) is 7.34. The van der Waals surface area contributed by atoms with E-state index in [0.29, 0.717) is 0 Å². The molecule has 0 aliphatic carbocycles. The summed E-state index contributed by atoms with van der Waals surface area (Å²) in [5.41, 5.74) is -0.0670. The average molecular weight is 286 g/mol. The van der Waals surface area contributed by atoms with Gasteiger partial charge in [-0.2, -0.15) is 0 Å². The SMILES string of the molecule is O=C(O)C(O)C(O)c1c(Cl)cc(Cl)cc1Cl. The van der Waals surface area contributed by atoms with Gasteiger partial charge in [0.25, 0.3) is 0 Å². The summed E-state index contributed by atoms with van der Waals surface area (Å²) >= 11 is 17.1. The maximum atomic E-state index is 10.5. The van der Waals surface area contributed by atoms with Crippen LogP contribution in [0.2, 0.25) is 15.1 Å². The van der Waals surface area contributed by atoms with Crippen molar-refractivity contribution in [2.24, 2.45) is 0 Å². The summed E-state index contributed by atoms with van der Waals surface area (Å²) < 4.78 is 0. The van der Waals surface area contributed by atoms with E-state index in [-0.39, 0.29) is 20.6 Å². The third-order valence-corrected chi connectivity index (χ3v) is 2.74. The minimum atomic E-state index is -2.00. The summed E-state index contributed by atoms with van der Waals surface area (Å²) in [6, 6.07) is 2.59. The first-order valence-corrected chi connectivity index (χ1v) is 5.21. The largest absolute Gasteiger partial charge is 0.479 e. The third kappa shape index (κ3) is 2.78. The van der Waals surface area contributed by atoms with Crippen molar-refractivity contribution in [3.63, 3.8) is 0 Å². The molecule has 0 aromatic heterocycles. The number of carboxylic acid groups (broad SMARTS) is 1. The lowest BCUT2D eigenvalue weighted by atomic mass is 10.0. The molecule has 1 rings (SSSR count). The highest BCUT2D eigenvalue weighted by atomic mass is 35.5. The van der Waals surface area contributed by atoms with Gasteiger partial charge in [0.15, 0.2) is 6.10 Å². The van der Waals surface area contributed by atoms with Crippen LogP contribution in [0, 0.1) is 0 Å². The fourth-order valence-electron chi connectivity index (χ4n) is 1.13. The van der Waals surface area contributed by atoms with Crippen LogP contribution in [-0.2, 0) is 4.79 Å². The van der Waals surface area contributed by atoms with Crippen molar-refractivity contribution in [2.45, 2.75) is 12.2 Å². The molecule has 3 N–H and O–H groups in total. The molecule has 0 amide bonds. The molecule has 0 fully saturated rings. The van der Waals surface area contributed by atoms with Crippen LogP contribution in [-0.4, -0.2) is 27.4 Å². The zero-order valence-corrected chi connectivity index (χ0v) is 9.96. The van der Waals surface area contributed by atoms with E-state index in [1.54, 1.807) is 0 Å². The van der Waals surface area contributed by atoms with Gasteiger partial charge in [-0.15, -0.1) is 0 Å². The van der Waals surface area contributed by atoms with E-state index in [2.05, 4.69) is 0 Å². The summed E-state index contributed by atoms with van der Waals surface area (Å²) in [4.78, 5) is 10.5. The molecule has 1 aromatic rings. The molecule has 1 aromatic carbocycles. The number of aliphatic hydroxyl groups is 2. The summed E-state index contributed by atoms with van der Waals surface area (Å²) in [7, 11) is 0. The Morgan fingerprint density at radius 2 is 1.56 bits per heavy atom. The van der Waals surface area contributed by atoms with Crippen molar-refractivity contribution in [2.75, 3.05) is 0 Å². The van der Waals surface area contributed by atoms with Gasteiger partial charge in [0.1, 0.15) is 6.10 Å². The smallest absolute Gasteiger partial charge is 0.335 e. The Hall–Kier alpha value is -0.520. The van der Waals surface area contributed by atoms with Crippen LogP contribution >= 0.6 is 34.8 Å². The Kier molecular flexibility index (Phi) is 4.41. The van der Waals surface area contributed by atoms with Gasteiger partial charge < -0.3 is 15.3 Å². The zero-order chi connectivity index (χ0) is 12.5. The molecule has 0 radical (unpaired) electrons. The van der Waals surface area contributed by atoms with Crippen LogP contribution in [0.5, 0.6) is 0 Å². The van der Waals surface area contributed by atoms with Crippen LogP contribution in [0.25, 0.3) is 0 Å². The van der Waals surface area contributed by atoms with Crippen molar-refractivity contribution >= 4 is 40.8 Å². The lowest BCUT2D eigenvalue weighted by Crippen LogP contribution is -2.27. The molecule has 0 saturated carbocycles. The lowest BCUT2D eigenvalue weighted by Gasteiger charge is -2.17. The highest BCUT2D eigenvalue weighted by molar-refractivity contribution is 6.39. The maximum Gasteiger partial charge on any atom is 0.335 e. The van der Waals surface area contributed by atoms with Crippen molar-refractivity contribution in [1.29, 1.82) is 0 Å². The number of halogens is 3. The molecule has 7 heteroatoms. The third-order valence-electron chi connectivity index (χ3n) is 1.89. The van der Waals surface area contributed by atoms with Gasteiger partial charge in [0.2, 0.25) is 0 Å². The van der Waals surface area contributed by atoms with Crippen LogP contribution in [0.3, 0.4) is 0 Å². The molecule has 0 aliphatic heterocycles. The second-order valence-electron chi connectivity index (χ2n) is 3.01. The van der Waals surface area contributed by atoms with Gasteiger partial charge in [-0.1, -0.05) is 34.8 Å². The van der Waals surface area contributed by atoms with Crippen molar-refractivity contribution in [1.82, 2.24) is 0 Å². The van der Waals surface area contributed by atoms with Gasteiger partial charge in [-0.3, -0.25) is 0 Å². The fraction of sp³-hybridized carbons (Fsp3) is 0.222. The average Bonchev–Trinajstić information content (AvgIpc) is 2.14. The fourth-order valence-corrected chi connectivity index (χ4v) is 2.17. The zero-order valence-electron chi connectivity index (χ0n) is 7.69. The van der Waals surface area contributed by atoms with E-state index in [9.17, 15) is 9.90 Å². The number of benzene rings is 1.